The van der Waals surface area contributed by atoms with Crippen LogP contribution in [0.25, 0.3) is 6.08 Å². The molecule has 0 aromatic heterocycles. The molecule has 1 unspecified atom stereocenters. The summed E-state index contributed by atoms with van der Waals surface area (Å²) in [7, 11) is -1.99. The minimum absolute atomic E-state index is 0.871. The maximum Gasteiger partial charge on any atom is 0.0702 e. The fraction of sp³-hybridized carbons (Fsp3) is 0.385. The first-order valence-corrected chi connectivity index (χ1v) is 12.8. The summed E-state index contributed by atoms with van der Waals surface area (Å²) in [5.41, 5.74) is 4.02. The summed E-state index contributed by atoms with van der Waals surface area (Å²) >= 11 is 0. The van der Waals surface area contributed by atoms with Gasteiger partial charge in [0.2, 0.25) is 0 Å². The van der Waals surface area contributed by atoms with Gasteiger partial charge in [-0.2, -0.15) is 0 Å². The molecule has 0 radical (unpaired) electrons. The highest BCUT2D eigenvalue weighted by molar-refractivity contribution is 7.49. The summed E-state index contributed by atoms with van der Waals surface area (Å²) in [6.45, 7) is 10.4. The van der Waals surface area contributed by atoms with Gasteiger partial charge in [-0.05, 0) is 16.7 Å². The van der Waals surface area contributed by atoms with Crippen molar-refractivity contribution in [3.05, 3.63) is 40.6 Å². The van der Waals surface area contributed by atoms with Crippen molar-refractivity contribution in [1.29, 1.82) is 0 Å². The van der Waals surface area contributed by atoms with Crippen molar-refractivity contribution in [2.24, 2.45) is 0 Å². The summed E-state index contributed by atoms with van der Waals surface area (Å²) in [5.74, 6) is 0. The van der Waals surface area contributed by atoms with E-state index in [0.29, 0.717) is 0 Å². The third-order valence-corrected chi connectivity index (χ3v) is 23.8. The summed E-state index contributed by atoms with van der Waals surface area (Å²) in [5, 5.41) is 1.83. The van der Waals surface area contributed by atoms with Crippen molar-refractivity contribution in [3.63, 3.8) is 0 Å². The molecule has 1 aromatic carbocycles. The second kappa shape index (κ2) is 2.55. The molecule has 0 spiro atoms. The van der Waals surface area contributed by atoms with E-state index in [2.05, 4.69) is 56.5 Å². The Morgan fingerprint density at radius 2 is 1.67 bits per heavy atom. The molecular formula is C13H18Si2. The molecular weight excluding hydrogens is 212 g/mol. The van der Waals surface area contributed by atoms with E-state index in [0.717, 1.165) is 5.54 Å². The van der Waals surface area contributed by atoms with Gasteiger partial charge in [0, 0.05) is 0 Å². The second-order valence-electron chi connectivity index (χ2n) is 6.01. The Hall–Kier alpha value is -0.606. The number of hydrogen-bond donors (Lipinski definition) is 0. The Kier molecular flexibility index (Phi) is 1.63. The summed E-state index contributed by atoms with van der Waals surface area (Å²) in [6.07, 6.45) is 2.50. The zero-order valence-electron chi connectivity index (χ0n) is 9.96. The van der Waals surface area contributed by atoms with Crippen LogP contribution in [0.15, 0.2) is 29.5 Å². The van der Waals surface area contributed by atoms with Crippen LogP contribution in [0.5, 0.6) is 0 Å². The first kappa shape index (κ1) is 9.61. The number of benzene rings is 1. The van der Waals surface area contributed by atoms with E-state index < -0.39 is 15.2 Å². The van der Waals surface area contributed by atoms with Gasteiger partial charge < -0.3 is 0 Å². The molecule has 1 saturated heterocycles. The average Bonchev–Trinajstić information content (AvgIpc) is 2.55. The van der Waals surface area contributed by atoms with E-state index in [1.54, 1.807) is 5.56 Å². The highest BCUT2D eigenvalue weighted by Gasteiger charge is 2.62. The Morgan fingerprint density at radius 1 is 1.00 bits per heavy atom. The SMILES string of the molecule is C[Si]1(C)C2=Cc3ccccc3C2[Si]1(C)C. The highest BCUT2D eigenvalue weighted by atomic mass is 29.3. The Bertz CT molecular complexity index is 469. The molecule has 78 valence electrons. The van der Waals surface area contributed by atoms with Crippen LogP contribution in [0.3, 0.4) is 0 Å². The molecule has 0 N–H and O–H groups in total. The van der Waals surface area contributed by atoms with Crippen molar-refractivity contribution in [2.75, 3.05) is 0 Å². The maximum atomic E-state index is 2.60. The summed E-state index contributed by atoms with van der Waals surface area (Å²) < 4.78 is 0. The van der Waals surface area contributed by atoms with Gasteiger partial charge in [0.15, 0.2) is 0 Å². The minimum Gasteiger partial charge on any atom is -0.0784 e. The summed E-state index contributed by atoms with van der Waals surface area (Å²) in [6, 6.07) is 9.01. The minimum atomic E-state index is -1.01. The van der Waals surface area contributed by atoms with E-state index >= 15 is 0 Å². The third kappa shape index (κ3) is 0.923. The van der Waals surface area contributed by atoms with Crippen molar-refractivity contribution in [2.45, 2.75) is 31.7 Å². The molecule has 0 nitrogen and oxygen atoms in total. The first-order valence-electron chi connectivity index (χ1n) is 5.77. The van der Waals surface area contributed by atoms with Crippen LogP contribution in [0.1, 0.15) is 16.7 Å². The fourth-order valence-corrected chi connectivity index (χ4v) is 15.1. The second-order valence-corrected chi connectivity index (χ2v) is 21.5. The van der Waals surface area contributed by atoms with Crippen LogP contribution >= 0.6 is 0 Å². The van der Waals surface area contributed by atoms with Gasteiger partial charge >= 0.3 is 0 Å². The maximum absolute atomic E-state index is 2.60. The molecule has 3 rings (SSSR count). The van der Waals surface area contributed by atoms with Gasteiger partial charge in [-0.1, -0.05) is 61.7 Å². The number of hydrogen-bond acceptors (Lipinski definition) is 0. The predicted octanol–water partition coefficient (Wildman–Crippen LogP) is 3.75. The molecule has 1 aliphatic carbocycles. The topological polar surface area (TPSA) is 0 Å². The molecule has 0 saturated carbocycles. The van der Waals surface area contributed by atoms with Crippen LogP contribution < -0.4 is 0 Å². The lowest BCUT2D eigenvalue weighted by molar-refractivity contribution is 1.10. The number of rotatable bonds is 0. The van der Waals surface area contributed by atoms with Gasteiger partial charge in [-0.15, -0.1) is 0 Å². The smallest absolute Gasteiger partial charge is 0.0702 e. The van der Waals surface area contributed by atoms with E-state index in [1.807, 2.05) is 5.20 Å². The Morgan fingerprint density at radius 3 is 2.40 bits per heavy atom. The molecule has 2 heteroatoms. The fourth-order valence-electron chi connectivity index (χ4n) is 3.30. The highest BCUT2D eigenvalue weighted by Crippen LogP contribution is 2.58. The van der Waals surface area contributed by atoms with Crippen LogP contribution in [0.4, 0.5) is 0 Å². The van der Waals surface area contributed by atoms with Crippen LogP contribution in [-0.4, -0.2) is 15.2 Å². The van der Waals surface area contributed by atoms with Gasteiger partial charge in [0.1, 0.15) is 0 Å². The molecule has 2 aliphatic rings. The van der Waals surface area contributed by atoms with Gasteiger partial charge in [-0.25, -0.2) is 0 Å². The van der Waals surface area contributed by atoms with E-state index in [1.165, 1.54) is 5.56 Å². The van der Waals surface area contributed by atoms with Crippen LogP contribution in [-0.2, 0) is 0 Å². The summed E-state index contributed by atoms with van der Waals surface area (Å²) in [4.78, 5) is 0. The quantitative estimate of drug-likeness (QED) is 0.595. The van der Waals surface area contributed by atoms with E-state index in [4.69, 9.17) is 0 Å². The van der Waals surface area contributed by atoms with Crippen molar-refractivity contribution in [3.8, 4) is 0 Å². The van der Waals surface area contributed by atoms with Crippen molar-refractivity contribution in [1.82, 2.24) is 0 Å². The average molecular weight is 230 g/mol. The number of allylic oxidation sites excluding steroid dienone is 1. The molecule has 1 fully saturated rings. The number of fused-ring (bicyclic) bond motifs is 3. The van der Waals surface area contributed by atoms with Crippen LogP contribution in [0.2, 0.25) is 26.2 Å². The largest absolute Gasteiger partial charge is 0.0784 e. The monoisotopic (exact) mass is 230 g/mol. The lowest BCUT2D eigenvalue weighted by Gasteiger charge is -2.57. The molecule has 0 bridgehead atoms. The molecule has 1 aliphatic heterocycles. The van der Waals surface area contributed by atoms with Crippen molar-refractivity contribution >= 4 is 21.3 Å². The van der Waals surface area contributed by atoms with Gasteiger partial charge in [0.25, 0.3) is 0 Å². The molecule has 0 amide bonds. The third-order valence-electron chi connectivity index (χ3n) is 4.98. The van der Waals surface area contributed by atoms with Gasteiger partial charge in [0.05, 0.1) is 15.2 Å². The molecule has 1 atom stereocenters. The van der Waals surface area contributed by atoms with E-state index in [-0.39, 0.29) is 0 Å². The molecule has 1 heterocycles. The molecule has 1 aromatic rings. The zero-order chi connectivity index (χ0) is 10.8. The van der Waals surface area contributed by atoms with E-state index in [9.17, 15) is 0 Å². The van der Waals surface area contributed by atoms with Crippen molar-refractivity contribution < 1.29 is 0 Å². The Labute approximate surface area is 93.8 Å². The molecule has 15 heavy (non-hydrogen) atoms. The lowest BCUT2D eigenvalue weighted by atomic mass is 10.1. The standard InChI is InChI=1S/C13H18Si2/c1-14(2)12-9-10-7-5-6-8-11(10)13(12)15(14,3)4/h5-9,13H,1-4H3. The van der Waals surface area contributed by atoms with Gasteiger partial charge in [-0.3, -0.25) is 0 Å². The normalized spacial score (nSPS) is 28.8. The first-order chi connectivity index (χ1) is 6.96. The van der Waals surface area contributed by atoms with Crippen LogP contribution in [0, 0.1) is 0 Å². The predicted molar refractivity (Wildman–Crippen MR) is 72.1 cm³/mol. The Balaban J connectivity index is 2.19. The zero-order valence-corrected chi connectivity index (χ0v) is 12.0. The lowest BCUT2D eigenvalue weighted by Crippen LogP contribution is -2.71.